The highest BCUT2D eigenvalue weighted by molar-refractivity contribution is 6.08. The van der Waals surface area contributed by atoms with E-state index in [1.54, 1.807) is 24.1 Å². The van der Waals surface area contributed by atoms with Crippen molar-refractivity contribution < 1.29 is 18.7 Å². The summed E-state index contributed by atoms with van der Waals surface area (Å²) in [5.41, 5.74) is 3.56. The van der Waals surface area contributed by atoms with Crippen LogP contribution in [0, 0.1) is 5.82 Å². The van der Waals surface area contributed by atoms with Crippen LogP contribution in [-0.4, -0.2) is 43.5 Å². The fourth-order valence-electron chi connectivity index (χ4n) is 6.33. The van der Waals surface area contributed by atoms with Gasteiger partial charge in [-0.15, -0.1) is 0 Å². The molecule has 3 aliphatic heterocycles. The molecule has 0 saturated carbocycles. The van der Waals surface area contributed by atoms with E-state index in [0.29, 0.717) is 43.3 Å². The van der Waals surface area contributed by atoms with Gasteiger partial charge in [-0.3, -0.25) is 9.59 Å². The first-order chi connectivity index (χ1) is 18.2. The second-order valence-corrected chi connectivity index (χ2v) is 11.2. The number of piperidine rings is 1. The molecule has 38 heavy (non-hydrogen) atoms. The maximum Gasteiger partial charge on any atom is 0.258 e. The molecule has 0 bridgehead atoms. The number of carbonyl (C=O) groups is 2. The Kier molecular flexibility index (Phi) is 5.67. The van der Waals surface area contributed by atoms with Crippen molar-refractivity contribution in [1.82, 2.24) is 4.98 Å². The Balaban J connectivity index is 1.28. The summed E-state index contributed by atoms with van der Waals surface area (Å²) < 4.78 is 19.5. The average molecular weight is 515 g/mol. The maximum atomic E-state index is 14.0. The summed E-state index contributed by atoms with van der Waals surface area (Å²) in [4.78, 5) is 34.9. The summed E-state index contributed by atoms with van der Waals surface area (Å²) in [7, 11) is 1.54. The largest absolute Gasteiger partial charge is 0.481 e. The molecule has 0 atom stereocenters. The Hall–Kier alpha value is -3.94. The second-order valence-electron chi connectivity index (χ2n) is 11.2. The van der Waals surface area contributed by atoms with Crippen LogP contribution in [-0.2, 0) is 15.6 Å². The predicted octanol–water partition coefficient (Wildman–Crippen LogP) is 5.05. The molecule has 3 aliphatic rings. The number of nitrogens with zero attached hydrogens (tertiary/aromatic N) is 3. The van der Waals surface area contributed by atoms with Gasteiger partial charge in [0.2, 0.25) is 11.8 Å². The van der Waals surface area contributed by atoms with Crippen LogP contribution >= 0.6 is 0 Å². The van der Waals surface area contributed by atoms with E-state index in [4.69, 9.17) is 4.74 Å². The van der Waals surface area contributed by atoms with Gasteiger partial charge in [0.1, 0.15) is 11.6 Å². The maximum absolute atomic E-state index is 14.0. The average Bonchev–Trinajstić information content (AvgIpc) is 3.18. The molecular formula is C30H31FN4O3. The number of anilines is 3. The van der Waals surface area contributed by atoms with E-state index in [0.717, 1.165) is 29.8 Å². The number of hydrogen-bond donors (Lipinski definition) is 1. The van der Waals surface area contributed by atoms with Gasteiger partial charge in [0.25, 0.3) is 5.91 Å². The number of pyridine rings is 1. The van der Waals surface area contributed by atoms with Gasteiger partial charge < -0.3 is 19.9 Å². The molecule has 1 fully saturated rings. The molecular weight excluding hydrogens is 483 g/mol. The number of benzene rings is 2. The Labute approximate surface area is 221 Å². The molecule has 1 aromatic heterocycles. The van der Waals surface area contributed by atoms with E-state index in [2.05, 4.69) is 21.3 Å². The van der Waals surface area contributed by atoms with Crippen molar-refractivity contribution in [1.29, 1.82) is 0 Å². The predicted molar refractivity (Wildman–Crippen MR) is 145 cm³/mol. The minimum absolute atomic E-state index is 0.0539. The topological polar surface area (TPSA) is 74.8 Å². The van der Waals surface area contributed by atoms with Gasteiger partial charge in [-0.05, 0) is 54.3 Å². The number of methoxy groups -OCH3 is 1. The summed E-state index contributed by atoms with van der Waals surface area (Å²) in [6.07, 6.45) is 2.08. The Morgan fingerprint density at radius 3 is 2.58 bits per heavy atom. The Morgan fingerprint density at radius 2 is 1.82 bits per heavy atom. The molecule has 0 unspecified atom stereocenters. The number of aromatic nitrogens is 1. The molecule has 0 aliphatic carbocycles. The lowest BCUT2D eigenvalue weighted by atomic mass is 9.68. The van der Waals surface area contributed by atoms with Crippen LogP contribution in [0.3, 0.4) is 0 Å². The van der Waals surface area contributed by atoms with E-state index < -0.39 is 0 Å². The first kappa shape index (κ1) is 24.4. The van der Waals surface area contributed by atoms with Crippen molar-refractivity contribution in [2.24, 2.45) is 0 Å². The first-order valence-corrected chi connectivity index (χ1v) is 13.0. The van der Waals surface area contributed by atoms with Crippen LogP contribution in [0.4, 0.5) is 21.6 Å². The zero-order chi connectivity index (χ0) is 26.7. The van der Waals surface area contributed by atoms with E-state index in [1.165, 1.54) is 17.7 Å². The number of para-hydroxylation sites is 1. The summed E-state index contributed by atoms with van der Waals surface area (Å²) in [5, 5.41) is 3.01. The van der Waals surface area contributed by atoms with Gasteiger partial charge in [-0.25, -0.2) is 4.39 Å². The fraction of sp³-hybridized carbons (Fsp3) is 0.367. The lowest BCUT2D eigenvalue weighted by Gasteiger charge is -2.45. The number of nitrogens with one attached hydrogen (secondary N) is 1. The highest BCUT2D eigenvalue weighted by Crippen LogP contribution is 2.46. The fourth-order valence-corrected chi connectivity index (χ4v) is 6.33. The third-order valence-corrected chi connectivity index (χ3v) is 8.34. The number of carbonyl (C=O) groups excluding carboxylic acids is 2. The van der Waals surface area contributed by atoms with Crippen LogP contribution in [0.1, 0.15) is 54.6 Å². The molecule has 1 spiro atoms. The molecule has 2 amide bonds. The number of fused-ring (bicyclic) bond motifs is 3. The van der Waals surface area contributed by atoms with E-state index in [-0.39, 0.29) is 28.5 Å². The molecule has 7 nitrogen and oxygen atoms in total. The molecule has 4 heterocycles. The van der Waals surface area contributed by atoms with Gasteiger partial charge in [-0.1, -0.05) is 32.0 Å². The molecule has 196 valence electrons. The van der Waals surface area contributed by atoms with Gasteiger partial charge in [0.15, 0.2) is 0 Å². The lowest BCUT2D eigenvalue weighted by molar-refractivity contribution is -0.118. The van der Waals surface area contributed by atoms with Gasteiger partial charge >= 0.3 is 0 Å². The zero-order valence-corrected chi connectivity index (χ0v) is 21.9. The van der Waals surface area contributed by atoms with Crippen molar-refractivity contribution in [2.75, 3.05) is 41.9 Å². The summed E-state index contributed by atoms with van der Waals surface area (Å²) in [6.45, 7) is 5.90. The summed E-state index contributed by atoms with van der Waals surface area (Å²) in [6, 6.07) is 16.1. The molecule has 2 aromatic carbocycles. The summed E-state index contributed by atoms with van der Waals surface area (Å²) >= 11 is 0. The smallest absolute Gasteiger partial charge is 0.258 e. The molecule has 6 rings (SSSR count). The Morgan fingerprint density at radius 1 is 1.05 bits per heavy atom. The summed E-state index contributed by atoms with van der Waals surface area (Å²) in [5.74, 6) is 0.620. The highest BCUT2D eigenvalue weighted by Gasteiger charge is 2.43. The number of ether oxygens (including phenoxy) is 1. The molecule has 1 saturated heterocycles. The van der Waals surface area contributed by atoms with Crippen LogP contribution in [0.25, 0.3) is 0 Å². The second kappa shape index (κ2) is 8.82. The number of rotatable bonds is 3. The monoisotopic (exact) mass is 514 g/mol. The molecule has 0 radical (unpaired) electrons. The van der Waals surface area contributed by atoms with Crippen molar-refractivity contribution in [2.45, 2.75) is 43.9 Å². The lowest BCUT2D eigenvalue weighted by Crippen LogP contribution is -2.47. The first-order valence-electron chi connectivity index (χ1n) is 13.0. The standard InChI is InChI=1S/C30H31FN4O3/c1-29(2)18-35(24-9-8-20(31)16-22(24)29)28(37)19-14-25(33-27(15-19)38-3)34-12-10-30(11-13-34)17-26(36)32-23-7-5-4-6-21(23)30/h4-9,14-16H,10-13,17-18H2,1-3H3,(H,32,36). The van der Waals surface area contributed by atoms with Crippen LogP contribution < -0.4 is 19.9 Å². The van der Waals surface area contributed by atoms with Crippen LogP contribution in [0.15, 0.2) is 54.6 Å². The van der Waals surface area contributed by atoms with Crippen molar-refractivity contribution in [3.05, 3.63) is 77.1 Å². The van der Waals surface area contributed by atoms with Crippen LogP contribution in [0.2, 0.25) is 0 Å². The third kappa shape index (κ3) is 3.99. The SMILES string of the molecule is COc1cc(C(=O)N2CC(C)(C)c3cc(F)ccc32)cc(N2CCC3(CC2)CC(=O)Nc2ccccc23)n1. The van der Waals surface area contributed by atoms with Crippen molar-refractivity contribution in [3.63, 3.8) is 0 Å². The van der Waals surface area contributed by atoms with Gasteiger partial charge in [-0.2, -0.15) is 4.98 Å². The van der Waals surface area contributed by atoms with E-state index in [9.17, 15) is 14.0 Å². The minimum Gasteiger partial charge on any atom is -0.481 e. The minimum atomic E-state index is -0.364. The Bertz CT molecular complexity index is 1450. The van der Waals surface area contributed by atoms with Crippen molar-refractivity contribution in [3.8, 4) is 5.88 Å². The number of hydrogen-bond acceptors (Lipinski definition) is 5. The number of halogens is 1. The van der Waals surface area contributed by atoms with Crippen LogP contribution in [0.5, 0.6) is 5.88 Å². The van der Waals surface area contributed by atoms with E-state index in [1.807, 2.05) is 38.1 Å². The van der Waals surface area contributed by atoms with Gasteiger partial charge in [0, 0.05) is 59.9 Å². The van der Waals surface area contributed by atoms with Crippen molar-refractivity contribution >= 4 is 29.0 Å². The van der Waals surface area contributed by atoms with E-state index >= 15 is 0 Å². The number of amides is 2. The van der Waals surface area contributed by atoms with Gasteiger partial charge in [0.05, 0.1) is 7.11 Å². The quantitative estimate of drug-likeness (QED) is 0.530. The zero-order valence-electron chi connectivity index (χ0n) is 21.9. The third-order valence-electron chi connectivity index (χ3n) is 8.34. The highest BCUT2D eigenvalue weighted by atomic mass is 19.1. The molecule has 3 aromatic rings. The molecule has 8 heteroatoms. The molecule has 1 N–H and O–H groups in total. The normalized spacial score (nSPS) is 19.1.